The fraction of sp³-hybridized carbons (Fsp3) is 0.375. The lowest BCUT2D eigenvalue weighted by Crippen LogP contribution is -2.44. The maximum atomic E-state index is 13.0. The Hall–Kier alpha value is -1.48. The maximum Gasteiger partial charge on any atom is 0.316 e. The second-order valence-electron chi connectivity index (χ2n) is 5.96. The van der Waals surface area contributed by atoms with E-state index in [1.54, 1.807) is 6.92 Å². The normalized spacial score (nSPS) is 18.7. The molecular weight excluding hydrogens is 404 g/mol. The molecule has 0 spiro atoms. The van der Waals surface area contributed by atoms with Gasteiger partial charge in [0.05, 0.1) is 24.0 Å². The SMILES string of the molecule is Cc1cc(S(=O)(=O)N2CCC[C@@H](Oc3ncc(F)cn3)C2)c(Cl)cc1Cl. The Bertz CT molecular complexity index is 910. The van der Waals surface area contributed by atoms with Crippen molar-refractivity contribution in [1.82, 2.24) is 14.3 Å². The van der Waals surface area contributed by atoms with Gasteiger partial charge in [0.15, 0.2) is 5.82 Å². The second-order valence-corrected chi connectivity index (χ2v) is 8.68. The first-order valence-electron chi connectivity index (χ1n) is 7.87. The largest absolute Gasteiger partial charge is 0.459 e. The van der Waals surface area contributed by atoms with Crippen LogP contribution in [0.1, 0.15) is 18.4 Å². The molecule has 6 nitrogen and oxygen atoms in total. The van der Waals surface area contributed by atoms with Crippen LogP contribution in [-0.4, -0.2) is 41.9 Å². The standard InChI is InChI=1S/C16H16Cl2FN3O3S/c1-10-5-15(14(18)6-13(10)17)26(23,24)22-4-2-3-12(9-22)25-16-20-7-11(19)8-21-16/h5-8,12H,2-4,9H2,1H3/t12-/m1/s1. The van der Waals surface area contributed by atoms with E-state index in [4.69, 9.17) is 27.9 Å². The van der Waals surface area contributed by atoms with Crippen LogP contribution in [0.25, 0.3) is 0 Å². The van der Waals surface area contributed by atoms with Crippen molar-refractivity contribution in [3.63, 3.8) is 0 Å². The molecule has 1 aromatic heterocycles. The zero-order valence-electron chi connectivity index (χ0n) is 13.8. The van der Waals surface area contributed by atoms with E-state index in [0.717, 1.165) is 12.4 Å². The monoisotopic (exact) mass is 419 g/mol. The summed E-state index contributed by atoms with van der Waals surface area (Å²) in [4.78, 5) is 7.50. The van der Waals surface area contributed by atoms with Gasteiger partial charge in [-0.25, -0.2) is 22.8 Å². The minimum atomic E-state index is -3.80. The van der Waals surface area contributed by atoms with Gasteiger partial charge < -0.3 is 4.74 Å². The Morgan fingerprint density at radius 3 is 2.62 bits per heavy atom. The summed E-state index contributed by atoms with van der Waals surface area (Å²) >= 11 is 12.1. The Balaban J connectivity index is 1.80. The van der Waals surface area contributed by atoms with Crippen LogP contribution in [0.4, 0.5) is 4.39 Å². The van der Waals surface area contributed by atoms with E-state index in [1.807, 2.05) is 0 Å². The highest BCUT2D eigenvalue weighted by Gasteiger charge is 2.33. The average Bonchev–Trinajstić information content (AvgIpc) is 2.60. The van der Waals surface area contributed by atoms with E-state index in [2.05, 4.69) is 9.97 Å². The van der Waals surface area contributed by atoms with Gasteiger partial charge in [-0.05, 0) is 37.5 Å². The molecule has 10 heteroatoms. The summed E-state index contributed by atoms with van der Waals surface area (Å²) in [6, 6.07) is 2.90. The third-order valence-electron chi connectivity index (χ3n) is 4.04. The van der Waals surface area contributed by atoms with Crippen molar-refractivity contribution in [1.29, 1.82) is 0 Å². The number of sulfonamides is 1. The molecule has 1 atom stereocenters. The first-order chi connectivity index (χ1) is 12.3. The molecule has 2 heterocycles. The average molecular weight is 420 g/mol. The number of aryl methyl sites for hydroxylation is 1. The second kappa shape index (κ2) is 7.64. The minimum absolute atomic E-state index is 0.0102. The zero-order chi connectivity index (χ0) is 18.9. The summed E-state index contributed by atoms with van der Waals surface area (Å²) in [6.45, 7) is 2.19. The predicted octanol–water partition coefficient (Wildman–Crippen LogP) is 3.46. The van der Waals surface area contributed by atoms with E-state index in [9.17, 15) is 12.8 Å². The van der Waals surface area contributed by atoms with E-state index in [-0.39, 0.29) is 22.5 Å². The third kappa shape index (κ3) is 4.09. The first kappa shape index (κ1) is 19.3. The molecule has 3 rings (SSSR count). The summed E-state index contributed by atoms with van der Waals surface area (Å²) in [5.41, 5.74) is 0.624. The fourth-order valence-electron chi connectivity index (χ4n) is 2.70. The smallest absolute Gasteiger partial charge is 0.316 e. The molecule has 0 amide bonds. The molecular formula is C16H16Cl2FN3O3S. The Kier molecular flexibility index (Phi) is 5.67. The van der Waals surface area contributed by atoms with Crippen LogP contribution in [0.3, 0.4) is 0 Å². The number of piperidine rings is 1. The third-order valence-corrected chi connectivity index (χ3v) is 6.78. The fourth-order valence-corrected chi connectivity index (χ4v) is 5.01. The van der Waals surface area contributed by atoms with Crippen molar-refractivity contribution >= 4 is 33.2 Å². The number of hydrogen-bond donors (Lipinski definition) is 0. The number of ether oxygens (including phenoxy) is 1. The number of halogens is 3. The lowest BCUT2D eigenvalue weighted by Gasteiger charge is -2.31. The summed E-state index contributed by atoms with van der Waals surface area (Å²) in [5.74, 6) is -0.571. The molecule has 1 aliphatic rings. The van der Waals surface area contributed by atoms with Crippen molar-refractivity contribution in [3.8, 4) is 6.01 Å². The zero-order valence-corrected chi connectivity index (χ0v) is 16.2. The molecule has 1 aliphatic heterocycles. The maximum absolute atomic E-state index is 13.0. The number of aromatic nitrogens is 2. The van der Waals surface area contributed by atoms with Crippen LogP contribution in [0.2, 0.25) is 10.0 Å². The number of hydrogen-bond acceptors (Lipinski definition) is 5. The lowest BCUT2D eigenvalue weighted by atomic mass is 10.1. The Morgan fingerprint density at radius 1 is 1.23 bits per heavy atom. The lowest BCUT2D eigenvalue weighted by molar-refractivity contribution is 0.119. The molecule has 26 heavy (non-hydrogen) atoms. The molecule has 2 aromatic rings. The van der Waals surface area contributed by atoms with Crippen LogP contribution < -0.4 is 4.74 Å². The van der Waals surface area contributed by atoms with E-state index < -0.39 is 21.9 Å². The van der Waals surface area contributed by atoms with Gasteiger partial charge in [0.25, 0.3) is 0 Å². The van der Waals surface area contributed by atoms with Crippen molar-refractivity contribution in [2.75, 3.05) is 13.1 Å². The Labute approximate surface area is 161 Å². The highest BCUT2D eigenvalue weighted by atomic mass is 35.5. The van der Waals surface area contributed by atoms with Gasteiger partial charge in [-0.2, -0.15) is 4.31 Å². The van der Waals surface area contributed by atoms with Crippen molar-refractivity contribution in [2.24, 2.45) is 0 Å². The molecule has 0 bridgehead atoms. The highest BCUT2D eigenvalue weighted by Crippen LogP contribution is 2.31. The molecule has 0 unspecified atom stereocenters. The summed E-state index contributed by atoms with van der Waals surface area (Å²) in [5, 5.41) is 0.479. The first-order valence-corrected chi connectivity index (χ1v) is 10.1. The van der Waals surface area contributed by atoms with E-state index in [0.29, 0.717) is 30.0 Å². The van der Waals surface area contributed by atoms with Gasteiger partial charge in [0, 0.05) is 11.6 Å². The molecule has 0 N–H and O–H groups in total. The van der Waals surface area contributed by atoms with Crippen LogP contribution >= 0.6 is 23.2 Å². The highest BCUT2D eigenvalue weighted by molar-refractivity contribution is 7.89. The quantitative estimate of drug-likeness (QED) is 0.758. The Morgan fingerprint density at radius 2 is 1.92 bits per heavy atom. The molecule has 1 fully saturated rings. The summed E-state index contributed by atoms with van der Waals surface area (Å²) < 4.78 is 45.7. The van der Waals surface area contributed by atoms with Gasteiger partial charge in [-0.1, -0.05) is 23.2 Å². The van der Waals surface area contributed by atoms with Gasteiger partial charge in [0.2, 0.25) is 10.0 Å². The summed E-state index contributed by atoms with van der Waals surface area (Å²) in [6.07, 6.45) is 2.80. The van der Waals surface area contributed by atoms with Crippen molar-refractivity contribution < 1.29 is 17.5 Å². The van der Waals surface area contributed by atoms with Gasteiger partial charge in [0.1, 0.15) is 11.0 Å². The number of nitrogens with zero attached hydrogens (tertiary/aromatic N) is 3. The topological polar surface area (TPSA) is 72.4 Å². The molecule has 0 aliphatic carbocycles. The molecule has 0 radical (unpaired) electrons. The van der Waals surface area contributed by atoms with Crippen LogP contribution in [0.5, 0.6) is 6.01 Å². The number of rotatable bonds is 4. The van der Waals surface area contributed by atoms with Gasteiger partial charge in [-0.3, -0.25) is 0 Å². The van der Waals surface area contributed by atoms with Crippen LogP contribution in [-0.2, 0) is 10.0 Å². The van der Waals surface area contributed by atoms with E-state index in [1.165, 1.54) is 16.4 Å². The van der Waals surface area contributed by atoms with Crippen LogP contribution in [0, 0.1) is 12.7 Å². The molecule has 1 saturated heterocycles. The van der Waals surface area contributed by atoms with E-state index >= 15 is 0 Å². The van der Waals surface area contributed by atoms with Crippen molar-refractivity contribution in [2.45, 2.75) is 30.8 Å². The van der Waals surface area contributed by atoms with Crippen LogP contribution in [0.15, 0.2) is 29.4 Å². The van der Waals surface area contributed by atoms with Gasteiger partial charge >= 0.3 is 6.01 Å². The van der Waals surface area contributed by atoms with Gasteiger partial charge in [-0.15, -0.1) is 0 Å². The molecule has 140 valence electrons. The summed E-state index contributed by atoms with van der Waals surface area (Å²) in [7, 11) is -3.80. The molecule has 1 aromatic carbocycles. The predicted molar refractivity (Wildman–Crippen MR) is 95.6 cm³/mol. The molecule has 0 saturated carbocycles. The minimum Gasteiger partial charge on any atom is -0.459 e. The van der Waals surface area contributed by atoms with Crippen molar-refractivity contribution in [3.05, 3.63) is 46.0 Å². The number of benzene rings is 1.